The predicted molar refractivity (Wildman–Crippen MR) is 142 cm³/mol. The van der Waals surface area contributed by atoms with E-state index in [9.17, 15) is 9.90 Å². The Balaban J connectivity index is 2.23. The number of nitrogens with zero attached hydrogens (tertiary/aromatic N) is 1. The van der Waals surface area contributed by atoms with E-state index in [-0.39, 0.29) is 0 Å². The fraction of sp³-hybridized carbons (Fsp3) is 0.630. The van der Waals surface area contributed by atoms with E-state index in [4.69, 9.17) is 0 Å². The molecule has 2 N–H and O–H groups in total. The number of nitrogens with one attached hydrogen (secondary N) is 1. The normalized spacial score (nSPS) is 16.0. The highest BCUT2D eigenvalue weighted by Crippen LogP contribution is 2.14. The Labute approximate surface area is 200 Å². The number of carboxylic acid groups (broad SMARTS) is 1. The van der Waals surface area contributed by atoms with Gasteiger partial charge in [-0.25, -0.2) is 4.79 Å². The lowest BCUT2D eigenvalue weighted by molar-refractivity contribution is -0.138. The Morgan fingerprint density at radius 2 is 1.53 bits per heavy atom. The first-order chi connectivity index (χ1) is 15.3. The van der Waals surface area contributed by atoms with Crippen LogP contribution in [0.15, 0.2) is 51.6 Å². The molecule has 1 atom stereocenters. The maximum absolute atomic E-state index is 11.4. The summed E-state index contributed by atoms with van der Waals surface area (Å²) in [6, 6.07) is -0.555. The first-order valence-electron chi connectivity index (χ1n) is 12.0. The molecule has 0 radical (unpaired) electrons. The predicted octanol–water partition coefficient (Wildman–Crippen LogP) is 7.10. The van der Waals surface area contributed by atoms with E-state index in [0.29, 0.717) is 5.75 Å². The number of allylic oxidation sites excluding steroid dienone is 7. The Morgan fingerprint density at radius 3 is 2.03 bits per heavy atom. The van der Waals surface area contributed by atoms with E-state index < -0.39 is 12.0 Å². The molecule has 0 aromatic rings. The molecule has 0 aromatic heterocycles. The Kier molecular flexibility index (Phi) is 14.9. The van der Waals surface area contributed by atoms with Gasteiger partial charge in [0, 0.05) is 24.5 Å². The van der Waals surface area contributed by atoms with Crippen molar-refractivity contribution in [2.75, 3.05) is 18.1 Å². The van der Waals surface area contributed by atoms with E-state index in [0.717, 1.165) is 69.5 Å². The molecule has 0 saturated carbocycles. The molecule has 32 heavy (non-hydrogen) atoms. The van der Waals surface area contributed by atoms with Crippen molar-refractivity contribution in [1.29, 1.82) is 0 Å². The molecule has 0 aliphatic carbocycles. The highest BCUT2D eigenvalue weighted by molar-refractivity contribution is 7.99. The minimum absolute atomic E-state index is 0.554. The van der Waals surface area contributed by atoms with Crippen LogP contribution >= 0.6 is 11.8 Å². The van der Waals surface area contributed by atoms with E-state index in [1.54, 1.807) is 11.8 Å². The molecule has 5 heteroatoms. The third-order valence-electron chi connectivity index (χ3n) is 5.50. The van der Waals surface area contributed by atoms with Crippen LogP contribution < -0.4 is 5.32 Å². The van der Waals surface area contributed by atoms with Gasteiger partial charge in [-0.05, 0) is 79.6 Å². The summed E-state index contributed by atoms with van der Waals surface area (Å²) in [5.74, 6) is 1.45. The number of carboxylic acids is 1. The molecule has 1 heterocycles. The number of aliphatic imine (C=N–C) groups is 1. The summed E-state index contributed by atoms with van der Waals surface area (Å²) in [6.45, 7) is 11.8. The van der Waals surface area contributed by atoms with E-state index >= 15 is 0 Å². The fourth-order valence-electron chi connectivity index (χ4n) is 3.41. The molecular formula is C27H44N2O2S. The number of aliphatic carboxylic acids is 1. The van der Waals surface area contributed by atoms with Crippen LogP contribution in [0.4, 0.5) is 0 Å². The van der Waals surface area contributed by atoms with Crippen LogP contribution in [0, 0.1) is 0 Å². The molecule has 0 amide bonds. The number of thioether (sulfide) groups is 1. The topological polar surface area (TPSA) is 61.7 Å². The third kappa shape index (κ3) is 14.3. The van der Waals surface area contributed by atoms with Gasteiger partial charge in [0.1, 0.15) is 6.04 Å². The van der Waals surface area contributed by atoms with Crippen molar-refractivity contribution in [3.63, 3.8) is 0 Å². The van der Waals surface area contributed by atoms with Gasteiger partial charge in [0.25, 0.3) is 0 Å². The van der Waals surface area contributed by atoms with Gasteiger partial charge in [-0.1, -0.05) is 46.6 Å². The summed E-state index contributed by atoms with van der Waals surface area (Å²) in [7, 11) is 0. The summed E-state index contributed by atoms with van der Waals surface area (Å²) in [6.07, 6.45) is 17.9. The standard InChI is InChI=1S/C27H44N2O2S/c1-21(2)10-6-11-22(3)12-7-13-23(4)14-8-15-24(5)17-19-32-20-25(27(30)31)29-26-16-9-18-28-26/h10,12,14,17,25H,6-9,11,13,15-16,18-20H2,1-5H3,(H,28,29)(H,30,31)/b22-12+,23-14+,24-17+. The van der Waals surface area contributed by atoms with E-state index in [1.807, 2.05) is 0 Å². The second-order valence-corrected chi connectivity index (χ2v) is 10.1. The second kappa shape index (κ2) is 16.8. The Morgan fingerprint density at radius 1 is 0.969 bits per heavy atom. The third-order valence-corrected chi connectivity index (χ3v) is 6.47. The molecular weight excluding hydrogens is 416 g/mol. The first kappa shape index (κ1) is 28.3. The van der Waals surface area contributed by atoms with Crippen LogP contribution in [-0.4, -0.2) is 41.0 Å². The average Bonchev–Trinajstić information content (AvgIpc) is 3.23. The molecule has 1 unspecified atom stereocenters. The maximum atomic E-state index is 11.4. The van der Waals surface area contributed by atoms with Crippen LogP contribution in [0.2, 0.25) is 0 Å². The molecule has 1 aliphatic rings. The maximum Gasteiger partial charge on any atom is 0.327 e. The molecule has 1 aliphatic heterocycles. The number of hydrogen-bond acceptors (Lipinski definition) is 4. The molecule has 0 spiro atoms. The largest absolute Gasteiger partial charge is 0.480 e. The average molecular weight is 461 g/mol. The lowest BCUT2D eigenvalue weighted by Gasteiger charge is -2.14. The van der Waals surface area contributed by atoms with Crippen LogP contribution in [0.1, 0.15) is 86.0 Å². The van der Waals surface area contributed by atoms with Gasteiger partial charge in [0.15, 0.2) is 0 Å². The minimum Gasteiger partial charge on any atom is -0.480 e. The highest BCUT2D eigenvalue weighted by Gasteiger charge is 2.19. The van der Waals surface area contributed by atoms with Crippen molar-refractivity contribution >= 4 is 23.6 Å². The van der Waals surface area contributed by atoms with Gasteiger partial charge in [-0.3, -0.25) is 4.99 Å². The smallest absolute Gasteiger partial charge is 0.327 e. The van der Waals surface area contributed by atoms with Crippen molar-refractivity contribution < 1.29 is 9.90 Å². The van der Waals surface area contributed by atoms with E-state index in [1.165, 1.54) is 22.3 Å². The van der Waals surface area contributed by atoms with E-state index in [2.05, 4.69) is 69.2 Å². The van der Waals surface area contributed by atoms with Gasteiger partial charge in [-0.15, -0.1) is 0 Å². The summed E-state index contributed by atoms with van der Waals surface area (Å²) in [5.41, 5.74) is 5.72. The summed E-state index contributed by atoms with van der Waals surface area (Å²) >= 11 is 1.66. The summed E-state index contributed by atoms with van der Waals surface area (Å²) in [5, 5.41) is 12.5. The van der Waals surface area contributed by atoms with Crippen molar-refractivity contribution in [1.82, 2.24) is 5.32 Å². The number of amidine groups is 1. The molecule has 0 bridgehead atoms. The molecule has 4 nitrogen and oxygen atoms in total. The Bertz CT molecular complexity index is 728. The monoisotopic (exact) mass is 460 g/mol. The van der Waals surface area contributed by atoms with Crippen LogP contribution in [0.3, 0.4) is 0 Å². The lowest BCUT2D eigenvalue weighted by atomic mass is 10.0. The van der Waals surface area contributed by atoms with Gasteiger partial charge < -0.3 is 10.4 Å². The van der Waals surface area contributed by atoms with Gasteiger partial charge in [0.2, 0.25) is 0 Å². The second-order valence-electron chi connectivity index (χ2n) is 9.05. The first-order valence-corrected chi connectivity index (χ1v) is 13.1. The van der Waals surface area contributed by atoms with Crippen LogP contribution in [-0.2, 0) is 4.79 Å². The van der Waals surface area contributed by atoms with Gasteiger partial charge in [-0.2, -0.15) is 11.8 Å². The summed E-state index contributed by atoms with van der Waals surface area (Å²) < 4.78 is 0. The highest BCUT2D eigenvalue weighted by atomic mass is 32.2. The number of hydrogen-bond donors (Lipinski definition) is 2. The molecule has 1 rings (SSSR count). The zero-order valence-corrected chi connectivity index (χ0v) is 21.7. The SMILES string of the molecule is CC(C)=CCC/C(C)=C/CC/C(C)=C/CC/C(C)=C/CSCC(NC1=NCCC1)C(=O)O. The quantitative estimate of drug-likeness (QED) is 0.202. The zero-order chi connectivity index (χ0) is 23.8. The van der Waals surface area contributed by atoms with Crippen molar-refractivity contribution in [3.05, 3.63) is 46.6 Å². The summed E-state index contributed by atoms with van der Waals surface area (Å²) in [4.78, 5) is 15.8. The van der Waals surface area contributed by atoms with Crippen LogP contribution in [0.25, 0.3) is 0 Å². The molecule has 0 saturated heterocycles. The molecule has 0 aromatic carbocycles. The number of carbonyl (C=O) groups is 1. The van der Waals surface area contributed by atoms with Crippen molar-refractivity contribution in [2.24, 2.45) is 4.99 Å². The lowest BCUT2D eigenvalue weighted by Crippen LogP contribution is -2.42. The van der Waals surface area contributed by atoms with Crippen molar-refractivity contribution in [2.45, 2.75) is 92.0 Å². The fourth-order valence-corrected chi connectivity index (χ4v) is 4.41. The zero-order valence-electron chi connectivity index (χ0n) is 20.9. The molecule has 180 valence electrons. The van der Waals surface area contributed by atoms with Gasteiger partial charge >= 0.3 is 5.97 Å². The van der Waals surface area contributed by atoms with Crippen LogP contribution in [0.5, 0.6) is 0 Å². The van der Waals surface area contributed by atoms with Crippen molar-refractivity contribution in [3.8, 4) is 0 Å². The Hall–Kier alpha value is -1.75. The molecule has 0 fully saturated rings. The number of rotatable bonds is 15. The van der Waals surface area contributed by atoms with Gasteiger partial charge in [0.05, 0.1) is 5.84 Å². The minimum atomic E-state index is -0.800.